The van der Waals surface area contributed by atoms with Gasteiger partial charge in [-0.05, 0) is 11.6 Å². The Morgan fingerprint density at radius 3 is 2.39 bits per heavy atom. The number of hydrogen-bond acceptors (Lipinski definition) is 5. The summed E-state index contributed by atoms with van der Waals surface area (Å²) < 4.78 is 0. The molecule has 0 saturated heterocycles. The van der Waals surface area contributed by atoms with Crippen molar-refractivity contribution in [2.75, 3.05) is 13.1 Å². The minimum atomic E-state index is -0.829. The molecule has 0 unspecified atom stereocenters. The molecule has 0 fully saturated rings. The molecule has 0 saturated carbocycles. The van der Waals surface area contributed by atoms with Crippen LogP contribution in [0.2, 0.25) is 0 Å². The second-order valence-electron chi connectivity index (χ2n) is 7.18. The zero-order chi connectivity index (χ0) is 20.5. The van der Waals surface area contributed by atoms with Crippen LogP contribution >= 0.6 is 0 Å². The molecule has 1 aliphatic heterocycles. The van der Waals surface area contributed by atoms with Crippen molar-refractivity contribution in [2.45, 2.75) is 19.3 Å². The van der Waals surface area contributed by atoms with Crippen LogP contribution in [-0.4, -0.2) is 40.6 Å². The standard InChI is InChI=1S/C20H19N3O5/c1-20(2,13-7-4-3-5-8-13)12-21-16(24)11-22-18(25)14-9-6-10-15(23(27)28)17(14)19(22)26/h3-10H,11-12H2,1-2H3,(H,21,24). The average Bonchev–Trinajstić information content (AvgIpc) is 2.92. The van der Waals surface area contributed by atoms with Gasteiger partial charge in [-0.3, -0.25) is 29.4 Å². The van der Waals surface area contributed by atoms with Crippen molar-refractivity contribution in [1.29, 1.82) is 0 Å². The lowest BCUT2D eigenvalue weighted by atomic mass is 9.84. The highest BCUT2D eigenvalue weighted by molar-refractivity contribution is 6.24. The van der Waals surface area contributed by atoms with Gasteiger partial charge in [0, 0.05) is 18.0 Å². The summed E-state index contributed by atoms with van der Waals surface area (Å²) in [7, 11) is 0. The number of carbonyl (C=O) groups excluding carboxylic acids is 3. The number of imide groups is 1. The predicted octanol–water partition coefficient (Wildman–Crippen LogP) is 2.28. The largest absolute Gasteiger partial charge is 0.354 e. The van der Waals surface area contributed by atoms with E-state index in [1.807, 2.05) is 44.2 Å². The number of nitrogens with one attached hydrogen (secondary N) is 1. The van der Waals surface area contributed by atoms with E-state index in [0.717, 1.165) is 16.5 Å². The van der Waals surface area contributed by atoms with Gasteiger partial charge in [0.1, 0.15) is 12.1 Å². The van der Waals surface area contributed by atoms with Gasteiger partial charge in [-0.15, -0.1) is 0 Å². The molecule has 0 aromatic heterocycles. The highest BCUT2D eigenvalue weighted by Crippen LogP contribution is 2.30. The monoisotopic (exact) mass is 381 g/mol. The fourth-order valence-electron chi connectivity index (χ4n) is 3.12. The summed E-state index contributed by atoms with van der Waals surface area (Å²) in [6.45, 7) is 3.75. The van der Waals surface area contributed by atoms with Crippen LogP contribution in [0, 0.1) is 10.1 Å². The van der Waals surface area contributed by atoms with Crippen LogP contribution in [0.5, 0.6) is 0 Å². The summed E-state index contributed by atoms with van der Waals surface area (Å²) in [4.78, 5) is 48.5. The van der Waals surface area contributed by atoms with Crippen molar-refractivity contribution in [2.24, 2.45) is 0 Å². The Morgan fingerprint density at radius 1 is 1.07 bits per heavy atom. The van der Waals surface area contributed by atoms with Gasteiger partial charge < -0.3 is 5.32 Å². The number of amides is 3. The van der Waals surface area contributed by atoms with Crippen molar-refractivity contribution < 1.29 is 19.3 Å². The molecule has 3 rings (SSSR count). The molecule has 1 aliphatic rings. The first-order valence-electron chi connectivity index (χ1n) is 8.68. The zero-order valence-corrected chi connectivity index (χ0v) is 15.5. The number of carbonyl (C=O) groups is 3. The van der Waals surface area contributed by atoms with Gasteiger partial charge in [-0.1, -0.05) is 50.2 Å². The molecule has 0 spiro atoms. The van der Waals surface area contributed by atoms with Gasteiger partial charge in [0.15, 0.2) is 0 Å². The molecule has 2 aromatic rings. The SMILES string of the molecule is CC(C)(CNC(=O)CN1C(=O)c2cccc([N+](=O)[O-])c2C1=O)c1ccccc1. The summed E-state index contributed by atoms with van der Waals surface area (Å²) in [5.41, 5.74) is -0.0836. The Bertz CT molecular complexity index is 969. The number of nitrogens with zero attached hydrogens (tertiary/aromatic N) is 2. The molecule has 0 atom stereocenters. The highest BCUT2D eigenvalue weighted by Gasteiger charge is 2.41. The first-order valence-corrected chi connectivity index (χ1v) is 8.68. The number of benzene rings is 2. The van der Waals surface area contributed by atoms with Crippen LogP contribution < -0.4 is 5.32 Å². The van der Waals surface area contributed by atoms with Crippen LogP contribution in [0.4, 0.5) is 5.69 Å². The van der Waals surface area contributed by atoms with Crippen LogP contribution in [0.3, 0.4) is 0 Å². The molecule has 8 nitrogen and oxygen atoms in total. The molecule has 28 heavy (non-hydrogen) atoms. The lowest BCUT2D eigenvalue weighted by Gasteiger charge is -2.26. The molecular weight excluding hydrogens is 362 g/mol. The maximum Gasteiger partial charge on any atom is 0.282 e. The Labute approximate surface area is 161 Å². The van der Waals surface area contributed by atoms with E-state index in [1.165, 1.54) is 12.1 Å². The third-order valence-corrected chi connectivity index (χ3v) is 4.76. The highest BCUT2D eigenvalue weighted by atomic mass is 16.6. The minimum absolute atomic E-state index is 0.0587. The predicted molar refractivity (Wildman–Crippen MR) is 101 cm³/mol. The zero-order valence-electron chi connectivity index (χ0n) is 15.5. The Kier molecular flexibility index (Phi) is 4.96. The summed E-state index contributed by atoms with van der Waals surface area (Å²) >= 11 is 0. The molecule has 1 N–H and O–H groups in total. The summed E-state index contributed by atoms with van der Waals surface area (Å²) in [5, 5.41) is 13.9. The molecular formula is C20H19N3O5. The number of rotatable bonds is 6. The molecule has 144 valence electrons. The Hall–Kier alpha value is -3.55. The Balaban J connectivity index is 1.70. The van der Waals surface area contributed by atoms with Gasteiger partial charge in [-0.25, -0.2) is 0 Å². The molecule has 2 aromatic carbocycles. The molecule has 3 amide bonds. The van der Waals surface area contributed by atoms with E-state index < -0.39 is 34.9 Å². The minimum Gasteiger partial charge on any atom is -0.354 e. The van der Waals surface area contributed by atoms with E-state index in [1.54, 1.807) is 0 Å². The number of nitro benzene ring substituents is 1. The Morgan fingerprint density at radius 2 is 1.75 bits per heavy atom. The molecule has 0 bridgehead atoms. The summed E-state index contributed by atoms with van der Waals surface area (Å²) in [6, 6.07) is 13.5. The van der Waals surface area contributed by atoms with E-state index in [0.29, 0.717) is 6.54 Å². The van der Waals surface area contributed by atoms with Crippen molar-refractivity contribution in [3.8, 4) is 0 Å². The van der Waals surface area contributed by atoms with Crippen molar-refractivity contribution in [3.63, 3.8) is 0 Å². The summed E-state index contributed by atoms with van der Waals surface area (Å²) in [5.74, 6) is -2.05. The van der Waals surface area contributed by atoms with Gasteiger partial charge in [0.2, 0.25) is 5.91 Å². The topological polar surface area (TPSA) is 110 Å². The smallest absolute Gasteiger partial charge is 0.282 e. The first-order chi connectivity index (χ1) is 13.2. The number of fused-ring (bicyclic) bond motifs is 1. The van der Waals surface area contributed by atoms with Gasteiger partial charge >= 0.3 is 0 Å². The quantitative estimate of drug-likeness (QED) is 0.469. The molecule has 0 aliphatic carbocycles. The van der Waals surface area contributed by atoms with Gasteiger partial charge in [0.25, 0.3) is 17.5 Å². The third-order valence-electron chi connectivity index (χ3n) is 4.76. The van der Waals surface area contributed by atoms with Crippen LogP contribution in [0.25, 0.3) is 0 Å². The first kappa shape index (κ1) is 19.2. The van der Waals surface area contributed by atoms with Crippen LogP contribution in [-0.2, 0) is 10.2 Å². The van der Waals surface area contributed by atoms with E-state index in [9.17, 15) is 24.5 Å². The number of hydrogen-bond donors (Lipinski definition) is 1. The van der Waals surface area contributed by atoms with E-state index in [2.05, 4.69) is 5.32 Å². The lowest BCUT2D eigenvalue weighted by molar-refractivity contribution is -0.385. The maximum atomic E-state index is 12.5. The van der Waals surface area contributed by atoms with Crippen molar-refractivity contribution in [3.05, 3.63) is 75.3 Å². The lowest BCUT2D eigenvalue weighted by Crippen LogP contribution is -2.44. The third kappa shape index (κ3) is 3.48. The average molecular weight is 381 g/mol. The second kappa shape index (κ2) is 7.22. The maximum absolute atomic E-state index is 12.5. The second-order valence-corrected chi connectivity index (χ2v) is 7.18. The number of nitro groups is 1. The van der Waals surface area contributed by atoms with Crippen molar-refractivity contribution >= 4 is 23.4 Å². The summed E-state index contributed by atoms with van der Waals surface area (Å²) in [6.07, 6.45) is 0. The fourth-order valence-corrected chi connectivity index (χ4v) is 3.12. The van der Waals surface area contributed by atoms with E-state index in [4.69, 9.17) is 0 Å². The van der Waals surface area contributed by atoms with Crippen LogP contribution in [0.15, 0.2) is 48.5 Å². The fraction of sp³-hybridized carbons (Fsp3) is 0.250. The normalized spacial score (nSPS) is 13.4. The van der Waals surface area contributed by atoms with Crippen LogP contribution in [0.1, 0.15) is 40.1 Å². The molecule has 1 heterocycles. The van der Waals surface area contributed by atoms with Crippen molar-refractivity contribution in [1.82, 2.24) is 10.2 Å². The van der Waals surface area contributed by atoms with Gasteiger partial charge in [-0.2, -0.15) is 0 Å². The van der Waals surface area contributed by atoms with E-state index in [-0.39, 0.29) is 16.5 Å². The van der Waals surface area contributed by atoms with E-state index >= 15 is 0 Å². The molecule has 0 radical (unpaired) electrons. The molecule has 8 heteroatoms. The van der Waals surface area contributed by atoms with Gasteiger partial charge in [0.05, 0.1) is 10.5 Å².